The fourth-order valence-electron chi connectivity index (χ4n) is 2.54. The van der Waals surface area contributed by atoms with Crippen LogP contribution in [0.2, 0.25) is 0 Å². The van der Waals surface area contributed by atoms with Crippen molar-refractivity contribution in [2.75, 3.05) is 6.61 Å². The molecule has 2 rings (SSSR count). The van der Waals surface area contributed by atoms with Crippen molar-refractivity contribution >= 4 is 14.9 Å². The summed E-state index contributed by atoms with van der Waals surface area (Å²) in [7, 11) is -3.77. The number of sulfone groups is 1. The second-order valence-electron chi connectivity index (χ2n) is 6.57. The van der Waals surface area contributed by atoms with Crippen LogP contribution in [-0.2, 0) is 16.4 Å². The topological polar surface area (TPSA) is 79.2 Å². The first-order chi connectivity index (χ1) is 12.9. The van der Waals surface area contributed by atoms with Crippen molar-refractivity contribution in [3.63, 3.8) is 0 Å². The van der Waals surface area contributed by atoms with Crippen LogP contribution in [-0.4, -0.2) is 26.1 Å². The smallest absolute Gasteiger partial charge is 0.219 e. The van der Waals surface area contributed by atoms with Gasteiger partial charge in [0.2, 0.25) is 9.84 Å². The molecule has 2 aromatic rings. The summed E-state index contributed by atoms with van der Waals surface area (Å²) in [5.74, 6) is 0.645. The molecule has 1 atom stereocenters. The molecule has 0 spiro atoms. The summed E-state index contributed by atoms with van der Waals surface area (Å²) in [4.78, 5) is 0.130. The quantitative estimate of drug-likeness (QED) is 0.363. The van der Waals surface area contributed by atoms with Crippen LogP contribution in [0.25, 0.3) is 0 Å². The molecule has 0 aliphatic carbocycles. The number of rotatable bonds is 10. The lowest BCUT2D eigenvalue weighted by molar-refractivity contribution is 0.309. The Balaban J connectivity index is 1.91. The highest BCUT2D eigenvalue weighted by molar-refractivity contribution is 8.06. The van der Waals surface area contributed by atoms with Crippen molar-refractivity contribution in [1.29, 1.82) is 5.41 Å². The monoisotopic (exact) mass is 388 g/mol. The largest absolute Gasteiger partial charge is 0.494 e. The van der Waals surface area contributed by atoms with Gasteiger partial charge < -0.3 is 10.1 Å². The van der Waals surface area contributed by atoms with E-state index in [1.807, 2.05) is 37.3 Å². The predicted octanol–water partition coefficient (Wildman–Crippen LogP) is 4.18. The van der Waals surface area contributed by atoms with Gasteiger partial charge in [0, 0.05) is 19.0 Å². The van der Waals surface area contributed by atoms with E-state index in [0.717, 1.165) is 18.4 Å². The average molecular weight is 389 g/mol. The minimum atomic E-state index is -3.77. The van der Waals surface area contributed by atoms with E-state index < -0.39 is 9.84 Å². The van der Waals surface area contributed by atoms with Gasteiger partial charge in [0.25, 0.3) is 0 Å². The zero-order valence-corrected chi connectivity index (χ0v) is 16.8. The molecule has 0 saturated carbocycles. The first-order valence-corrected chi connectivity index (χ1v) is 10.7. The van der Waals surface area contributed by atoms with Crippen LogP contribution in [0.15, 0.2) is 59.5 Å². The molecule has 0 aliphatic rings. The lowest BCUT2D eigenvalue weighted by Crippen LogP contribution is -2.30. The van der Waals surface area contributed by atoms with Gasteiger partial charge in [0.15, 0.2) is 0 Å². The number of unbranched alkanes of at least 4 members (excludes halogenated alkanes) is 1. The maximum Gasteiger partial charge on any atom is 0.219 e. The normalized spacial score (nSPS) is 12.5. The molecule has 6 heteroatoms. The molecule has 2 aromatic carbocycles. The maximum absolute atomic E-state index is 12.6. The third-order valence-electron chi connectivity index (χ3n) is 4.21. The van der Waals surface area contributed by atoms with Crippen LogP contribution in [0.4, 0.5) is 0 Å². The molecule has 0 radical (unpaired) electrons. The summed E-state index contributed by atoms with van der Waals surface area (Å²) in [5, 5.41) is 11.1. The maximum atomic E-state index is 12.6. The van der Waals surface area contributed by atoms with Crippen molar-refractivity contribution in [1.82, 2.24) is 5.32 Å². The van der Waals surface area contributed by atoms with E-state index in [-0.39, 0.29) is 22.4 Å². The molecular formula is C21H28N2O3S. The molecule has 27 heavy (non-hydrogen) atoms. The lowest BCUT2D eigenvalue weighted by Gasteiger charge is -2.15. The van der Waals surface area contributed by atoms with Crippen LogP contribution in [0, 0.1) is 5.41 Å². The molecular weight excluding hydrogens is 360 g/mol. The van der Waals surface area contributed by atoms with Crippen molar-refractivity contribution < 1.29 is 13.2 Å². The van der Waals surface area contributed by atoms with Gasteiger partial charge in [-0.1, -0.05) is 43.7 Å². The van der Waals surface area contributed by atoms with E-state index in [2.05, 4.69) is 12.2 Å². The summed E-state index contributed by atoms with van der Waals surface area (Å²) in [6.45, 7) is 5.22. The van der Waals surface area contributed by atoms with E-state index in [1.54, 1.807) is 12.1 Å². The van der Waals surface area contributed by atoms with Gasteiger partial charge in [-0.25, -0.2) is 8.42 Å². The third-order valence-corrected chi connectivity index (χ3v) is 5.92. The Kier molecular flexibility index (Phi) is 8.00. The molecule has 2 N–H and O–H groups in total. The number of benzene rings is 2. The fraction of sp³-hybridized carbons (Fsp3) is 0.381. The summed E-state index contributed by atoms with van der Waals surface area (Å²) in [5.41, 5.74) is 1.12. The lowest BCUT2D eigenvalue weighted by atomic mass is 10.2. The number of ether oxygens (including phenoxy) is 1. The highest BCUT2D eigenvalue weighted by atomic mass is 32.2. The minimum absolute atomic E-state index is 0.121. The number of hydrogen-bond acceptors (Lipinski definition) is 5. The van der Waals surface area contributed by atoms with Crippen molar-refractivity contribution in [3.8, 4) is 5.75 Å². The Morgan fingerprint density at radius 3 is 2.41 bits per heavy atom. The zero-order valence-electron chi connectivity index (χ0n) is 15.9. The van der Waals surface area contributed by atoms with Crippen LogP contribution < -0.4 is 10.1 Å². The van der Waals surface area contributed by atoms with Crippen molar-refractivity contribution in [2.24, 2.45) is 0 Å². The SMILES string of the molecule is CCCCOc1ccc(S(=O)(=O)C(=N)CC(C)NCc2ccccc2)cc1. The van der Waals surface area contributed by atoms with Crippen LogP contribution in [0.1, 0.15) is 38.7 Å². The fourth-order valence-corrected chi connectivity index (χ4v) is 3.79. The molecule has 0 heterocycles. The first kappa shape index (κ1) is 21.1. The summed E-state index contributed by atoms with van der Waals surface area (Å²) < 4.78 is 30.8. The highest BCUT2D eigenvalue weighted by Crippen LogP contribution is 2.19. The molecule has 0 saturated heterocycles. The van der Waals surface area contributed by atoms with Crippen molar-refractivity contribution in [2.45, 2.75) is 50.6 Å². The molecule has 1 unspecified atom stereocenters. The third kappa shape index (κ3) is 6.48. The number of nitrogens with one attached hydrogen (secondary N) is 2. The van der Waals surface area contributed by atoms with E-state index >= 15 is 0 Å². The van der Waals surface area contributed by atoms with Gasteiger partial charge in [-0.05, 0) is 43.2 Å². The van der Waals surface area contributed by atoms with Crippen LogP contribution in [0.3, 0.4) is 0 Å². The summed E-state index contributed by atoms with van der Waals surface area (Å²) in [6.07, 6.45) is 2.14. The van der Waals surface area contributed by atoms with Crippen LogP contribution in [0.5, 0.6) is 5.75 Å². The van der Waals surface area contributed by atoms with Gasteiger partial charge in [-0.15, -0.1) is 0 Å². The average Bonchev–Trinajstić information content (AvgIpc) is 2.68. The predicted molar refractivity (Wildman–Crippen MR) is 109 cm³/mol. The molecule has 146 valence electrons. The number of hydrogen-bond donors (Lipinski definition) is 2. The summed E-state index contributed by atoms with van der Waals surface area (Å²) >= 11 is 0. The first-order valence-electron chi connectivity index (χ1n) is 9.26. The molecule has 0 fully saturated rings. The highest BCUT2D eigenvalue weighted by Gasteiger charge is 2.22. The Morgan fingerprint density at radius 1 is 1.11 bits per heavy atom. The molecule has 0 bridgehead atoms. The Labute approximate surface area is 162 Å². The van der Waals surface area contributed by atoms with E-state index in [4.69, 9.17) is 10.1 Å². The standard InChI is InChI=1S/C21H28N2O3S/c1-3-4-14-26-19-10-12-20(13-11-19)27(24,25)21(22)15-17(2)23-16-18-8-6-5-7-9-18/h5-13,17,22-23H,3-4,14-16H2,1-2H3. The minimum Gasteiger partial charge on any atom is -0.494 e. The Morgan fingerprint density at radius 2 is 1.78 bits per heavy atom. The molecule has 5 nitrogen and oxygen atoms in total. The van der Waals surface area contributed by atoms with Gasteiger partial charge in [0.05, 0.1) is 11.5 Å². The molecule has 0 aromatic heterocycles. The van der Waals surface area contributed by atoms with E-state index in [9.17, 15) is 8.42 Å². The summed E-state index contributed by atoms with van der Waals surface area (Å²) in [6, 6.07) is 16.1. The molecule has 0 amide bonds. The Bertz CT molecular complexity index is 818. The van der Waals surface area contributed by atoms with E-state index in [1.165, 1.54) is 12.1 Å². The van der Waals surface area contributed by atoms with Gasteiger partial charge >= 0.3 is 0 Å². The Hall–Kier alpha value is -2.18. The van der Waals surface area contributed by atoms with Gasteiger partial charge in [-0.2, -0.15) is 0 Å². The second kappa shape index (κ2) is 10.2. The van der Waals surface area contributed by atoms with Gasteiger partial charge in [0.1, 0.15) is 10.8 Å². The second-order valence-corrected chi connectivity index (χ2v) is 8.54. The molecule has 0 aliphatic heterocycles. The van der Waals surface area contributed by atoms with E-state index in [0.29, 0.717) is 18.9 Å². The van der Waals surface area contributed by atoms with Crippen LogP contribution >= 0.6 is 0 Å². The zero-order chi connectivity index (χ0) is 19.7. The van der Waals surface area contributed by atoms with Crippen molar-refractivity contribution in [3.05, 3.63) is 60.2 Å². The van der Waals surface area contributed by atoms with Gasteiger partial charge in [-0.3, -0.25) is 5.41 Å².